The zero-order valence-electron chi connectivity index (χ0n) is 22.1. The first-order valence-electron chi connectivity index (χ1n) is 13.0. The molecule has 0 amide bonds. The van der Waals surface area contributed by atoms with Crippen LogP contribution in [0.25, 0.3) is 33.2 Å². The summed E-state index contributed by atoms with van der Waals surface area (Å²) in [6.45, 7) is 14.1. The molecular weight excluding hydrogens is 426 g/mol. The highest BCUT2D eigenvalue weighted by Gasteiger charge is 2.30. The Balaban J connectivity index is 1.99. The van der Waals surface area contributed by atoms with Gasteiger partial charge in [0.25, 0.3) is 0 Å². The van der Waals surface area contributed by atoms with E-state index in [-0.39, 0.29) is 0 Å². The van der Waals surface area contributed by atoms with Crippen LogP contribution >= 0.6 is 0 Å². The van der Waals surface area contributed by atoms with Crippen LogP contribution in [-0.2, 0) is 7.05 Å². The molecule has 1 aromatic heterocycles. The number of hydrogen-bond acceptors (Lipinski definition) is 0. The Morgan fingerprint density at radius 3 is 2.09 bits per heavy atom. The van der Waals surface area contributed by atoms with E-state index in [1.165, 1.54) is 62.4 Å². The molecule has 0 spiro atoms. The maximum atomic E-state index is 2.52. The summed E-state index contributed by atoms with van der Waals surface area (Å²) in [5.74, 6) is 0.472. The van der Waals surface area contributed by atoms with Crippen molar-refractivity contribution in [1.29, 1.82) is 0 Å². The number of nitrogens with zero attached hydrogens (tertiary/aromatic N) is 1. The van der Waals surface area contributed by atoms with Crippen LogP contribution in [0.15, 0.2) is 72.9 Å². The van der Waals surface area contributed by atoms with Crippen molar-refractivity contribution in [3.8, 4) is 22.4 Å². The molecule has 0 aliphatic carbocycles. The van der Waals surface area contributed by atoms with Crippen LogP contribution in [0.4, 0.5) is 0 Å². The molecule has 3 aromatic carbocycles. The van der Waals surface area contributed by atoms with Crippen molar-refractivity contribution in [3.63, 3.8) is 0 Å². The molecule has 0 saturated carbocycles. The van der Waals surface area contributed by atoms with Crippen molar-refractivity contribution in [2.24, 2.45) is 7.05 Å². The van der Waals surface area contributed by atoms with Crippen LogP contribution in [0.1, 0.15) is 51.7 Å². The summed E-state index contributed by atoms with van der Waals surface area (Å²) in [5.41, 5.74) is 8.06. The molecule has 4 rings (SSSR count). The van der Waals surface area contributed by atoms with E-state index in [1.807, 2.05) is 0 Å². The van der Waals surface area contributed by atoms with Gasteiger partial charge in [-0.05, 0) is 52.6 Å². The predicted molar refractivity (Wildman–Crippen MR) is 152 cm³/mol. The largest absolute Gasteiger partial charge is 0.220 e. The second-order valence-corrected chi connectivity index (χ2v) is 15.4. The molecule has 0 atom stereocenters. The van der Waals surface area contributed by atoms with Crippen molar-refractivity contribution in [1.82, 2.24) is 0 Å². The minimum atomic E-state index is -1.42. The summed E-state index contributed by atoms with van der Waals surface area (Å²) in [6, 6.07) is 29.2. The molecule has 0 fully saturated rings. The summed E-state index contributed by atoms with van der Waals surface area (Å²) in [5, 5.41) is 4.33. The summed E-state index contributed by atoms with van der Waals surface area (Å²) in [6.07, 6.45) is 2.25. The quantitative estimate of drug-likeness (QED) is 0.191. The van der Waals surface area contributed by atoms with Gasteiger partial charge in [0.1, 0.15) is 7.05 Å². The van der Waals surface area contributed by atoms with Crippen LogP contribution in [0.5, 0.6) is 0 Å². The highest BCUT2D eigenvalue weighted by atomic mass is 28.3. The van der Waals surface area contributed by atoms with Gasteiger partial charge in [-0.2, -0.15) is 0 Å². The number of aromatic nitrogens is 1. The third kappa shape index (κ3) is 4.25. The molecule has 176 valence electrons. The van der Waals surface area contributed by atoms with Gasteiger partial charge in [-0.15, -0.1) is 0 Å². The third-order valence-corrected chi connectivity index (χ3v) is 13.8. The topological polar surface area (TPSA) is 3.88 Å². The van der Waals surface area contributed by atoms with E-state index >= 15 is 0 Å². The van der Waals surface area contributed by atoms with Crippen LogP contribution < -0.4 is 9.75 Å². The number of rotatable bonds is 7. The second-order valence-electron chi connectivity index (χ2n) is 10.2. The number of hydrogen-bond donors (Lipinski definition) is 0. The zero-order chi connectivity index (χ0) is 24.5. The maximum absolute atomic E-state index is 2.52. The summed E-state index contributed by atoms with van der Waals surface area (Å²) in [7, 11) is 0.774. The lowest BCUT2D eigenvalue weighted by molar-refractivity contribution is -0.659. The van der Waals surface area contributed by atoms with Gasteiger partial charge in [-0.25, -0.2) is 4.57 Å². The molecule has 4 aromatic rings. The fraction of sp³-hybridized carbons (Fsp3) is 0.344. The van der Waals surface area contributed by atoms with Gasteiger partial charge in [0.2, 0.25) is 5.69 Å². The molecule has 2 heteroatoms. The molecule has 1 heterocycles. The lowest BCUT2D eigenvalue weighted by Crippen LogP contribution is -2.45. The molecule has 0 radical (unpaired) electrons. The smallest absolute Gasteiger partial charge is 0.200 e. The summed E-state index contributed by atoms with van der Waals surface area (Å²) in [4.78, 5) is 0. The highest BCUT2D eigenvalue weighted by molar-refractivity contribution is 6.91. The molecule has 0 unspecified atom stereocenters. The first-order chi connectivity index (χ1) is 16.3. The molecule has 34 heavy (non-hydrogen) atoms. The van der Waals surface area contributed by atoms with Crippen LogP contribution in [-0.4, -0.2) is 8.07 Å². The average molecular weight is 467 g/mol. The molecule has 0 N–H and O–H groups in total. The Kier molecular flexibility index (Phi) is 7.09. The minimum absolute atomic E-state index is 0.472. The number of pyridine rings is 1. The van der Waals surface area contributed by atoms with Gasteiger partial charge in [0.15, 0.2) is 6.20 Å². The summed E-state index contributed by atoms with van der Waals surface area (Å²) >= 11 is 0. The van der Waals surface area contributed by atoms with Crippen LogP contribution in [0, 0.1) is 6.92 Å². The van der Waals surface area contributed by atoms with Gasteiger partial charge in [0, 0.05) is 6.07 Å². The number of aryl methyl sites for hydroxylation is 1. The van der Waals surface area contributed by atoms with Crippen LogP contribution in [0.3, 0.4) is 0 Å². The SMILES string of the molecule is CC[Si](CC)(CC)c1ccc2c(-c3cc(-c4ccccc4)cc(C(C)C)c3C)[n+](C)ccc2c1. The van der Waals surface area contributed by atoms with E-state index in [9.17, 15) is 0 Å². The van der Waals surface area contributed by atoms with Crippen molar-refractivity contribution < 1.29 is 4.57 Å². The lowest BCUT2D eigenvalue weighted by Gasteiger charge is -2.29. The molecule has 0 saturated heterocycles. The fourth-order valence-electron chi connectivity index (χ4n) is 5.78. The molecule has 1 nitrogen and oxygen atoms in total. The highest BCUT2D eigenvalue weighted by Crippen LogP contribution is 2.36. The second kappa shape index (κ2) is 9.88. The van der Waals surface area contributed by atoms with Gasteiger partial charge in [-0.3, -0.25) is 0 Å². The Labute approximate surface area is 207 Å². The minimum Gasteiger partial charge on any atom is -0.200 e. The normalized spacial score (nSPS) is 12.0. The Hall–Kier alpha value is -2.71. The number of fused-ring (bicyclic) bond motifs is 1. The van der Waals surface area contributed by atoms with E-state index in [0.29, 0.717) is 5.92 Å². The van der Waals surface area contributed by atoms with Gasteiger partial charge >= 0.3 is 0 Å². The van der Waals surface area contributed by atoms with Gasteiger partial charge in [0.05, 0.1) is 19.0 Å². The first-order valence-corrected chi connectivity index (χ1v) is 15.6. The van der Waals surface area contributed by atoms with Crippen molar-refractivity contribution in [2.45, 2.75) is 65.6 Å². The molecule has 0 bridgehead atoms. The standard InChI is InChI=1S/C32H40NSi/c1-8-34(9-2,10-3)28-16-17-29-26(20-28)18-19-33(7)32(29)31-22-27(25-14-12-11-13-15-25)21-30(23(4)5)24(31)6/h11-23H,8-10H2,1-7H3/q+1. The van der Waals surface area contributed by atoms with Gasteiger partial charge < -0.3 is 0 Å². The summed E-state index contributed by atoms with van der Waals surface area (Å²) < 4.78 is 2.31. The Bertz CT molecular complexity index is 1290. The van der Waals surface area contributed by atoms with Crippen molar-refractivity contribution in [2.75, 3.05) is 0 Å². The van der Waals surface area contributed by atoms with E-state index in [2.05, 4.69) is 126 Å². The maximum Gasteiger partial charge on any atom is 0.220 e. The Morgan fingerprint density at radius 1 is 0.794 bits per heavy atom. The number of benzene rings is 3. The lowest BCUT2D eigenvalue weighted by atomic mass is 9.87. The first kappa shape index (κ1) is 24.4. The van der Waals surface area contributed by atoms with Gasteiger partial charge in [-0.1, -0.05) is 106 Å². The molecule has 0 aliphatic heterocycles. The van der Waals surface area contributed by atoms with Crippen LogP contribution in [0.2, 0.25) is 18.1 Å². The van der Waals surface area contributed by atoms with E-state index < -0.39 is 8.07 Å². The third-order valence-electron chi connectivity index (χ3n) is 8.21. The average Bonchev–Trinajstić information content (AvgIpc) is 2.86. The van der Waals surface area contributed by atoms with E-state index in [0.717, 1.165) is 0 Å². The zero-order valence-corrected chi connectivity index (χ0v) is 23.1. The molecule has 0 aliphatic rings. The Morgan fingerprint density at radius 2 is 1.47 bits per heavy atom. The monoisotopic (exact) mass is 466 g/mol. The predicted octanol–water partition coefficient (Wildman–Crippen LogP) is 8.15. The van der Waals surface area contributed by atoms with E-state index in [1.54, 1.807) is 5.19 Å². The van der Waals surface area contributed by atoms with E-state index in [4.69, 9.17) is 0 Å². The van der Waals surface area contributed by atoms with Crippen molar-refractivity contribution >= 4 is 24.0 Å². The van der Waals surface area contributed by atoms with Crippen molar-refractivity contribution in [3.05, 3.63) is 84.1 Å². The molecular formula is C32H40NSi+. The fourth-order valence-corrected chi connectivity index (χ4v) is 9.40.